The van der Waals surface area contributed by atoms with Gasteiger partial charge in [-0.1, -0.05) is 0 Å². The van der Waals surface area contributed by atoms with Gasteiger partial charge in [-0.15, -0.1) is 0 Å². The maximum atomic E-state index is 12.8. The number of likely N-dealkylation sites (tertiary alicyclic amines) is 1. The average Bonchev–Trinajstić information content (AvgIpc) is 3.30. The van der Waals surface area contributed by atoms with Crippen LogP contribution in [0.1, 0.15) is 56.8 Å². The molecule has 2 aliphatic heterocycles. The van der Waals surface area contributed by atoms with Crippen molar-refractivity contribution in [3.63, 3.8) is 0 Å². The van der Waals surface area contributed by atoms with Gasteiger partial charge in [-0.25, -0.2) is 0 Å². The minimum Gasteiger partial charge on any atom is -0.354 e. The second kappa shape index (κ2) is 7.78. The fourth-order valence-electron chi connectivity index (χ4n) is 3.68. The quantitative estimate of drug-likeness (QED) is 0.849. The molecule has 26 heavy (non-hydrogen) atoms. The third-order valence-electron chi connectivity index (χ3n) is 5.26. The molecular weight excluding hydrogens is 330 g/mol. The predicted molar refractivity (Wildman–Crippen MR) is 99.9 cm³/mol. The highest BCUT2D eigenvalue weighted by atomic mass is 16.2. The summed E-state index contributed by atoms with van der Waals surface area (Å²) in [5.74, 6) is 0.446. The number of hydrogen-bond acceptors (Lipinski definition) is 4. The number of nitrogens with zero attached hydrogens (tertiary/aromatic N) is 3. The summed E-state index contributed by atoms with van der Waals surface area (Å²) in [4.78, 5) is 26.9. The second-order valence-electron chi connectivity index (χ2n) is 8.50. The Hall–Kier alpha value is -1.89. The molecule has 3 rings (SSSR count). The Kier molecular flexibility index (Phi) is 5.65. The van der Waals surface area contributed by atoms with Crippen LogP contribution in [-0.4, -0.2) is 58.7 Å². The van der Waals surface area contributed by atoms with Crippen molar-refractivity contribution in [2.75, 3.05) is 26.2 Å². The smallest absolute Gasteiger partial charge is 0.257 e. The lowest BCUT2D eigenvalue weighted by Gasteiger charge is -2.33. The largest absolute Gasteiger partial charge is 0.354 e. The first-order chi connectivity index (χ1) is 12.3. The Bertz CT molecular complexity index is 643. The zero-order chi connectivity index (χ0) is 18.7. The van der Waals surface area contributed by atoms with Crippen LogP contribution in [0, 0.1) is 5.92 Å². The van der Waals surface area contributed by atoms with Crippen LogP contribution in [0.5, 0.6) is 0 Å². The number of hydrogen-bond donors (Lipinski definition) is 2. The van der Waals surface area contributed by atoms with Crippen molar-refractivity contribution in [3.05, 3.63) is 18.0 Å². The maximum absolute atomic E-state index is 12.8. The molecule has 0 aromatic carbocycles. The number of rotatable bonds is 4. The highest BCUT2D eigenvalue weighted by molar-refractivity contribution is 5.93. The van der Waals surface area contributed by atoms with Crippen molar-refractivity contribution >= 4 is 11.8 Å². The highest BCUT2D eigenvalue weighted by Crippen LogP contribution is 2.20. The van der Waals surface area contributed by atoms with Gasteiger partial charge in [-0.05, 0) is 58.9 Å². The lowest BCUT2D eigenvalue weighted by atomic mass is 9.97. The van der Waals surface area contributed by atoms with Gasteiger partial charge < -0.3 is 15.5 Å². The molecular formula is C19H31N5O2. The molecule has 7 nitrogen and oxygen atoms in total. The van der Waals surface area contributed by atoms with Gasteiger partial charge in [-0.2, -0.15) is 5.10 Å². The summed E-state index contributed by atoms with van der Waals surface area (Å²) in [6.45, 7) is 9.22. The van der Waals surface area contributed by atoms with Crippen molar-refractivity contribution in [1.29, 1.82) is 0 Å². The lowest BCUT2D eigenvalue weighted by Crippen LogP contribution is -2.46. The Morgan fingerprint density at radius 3 is 2.77 bits per heavy atom. The van der Waals surface area contributed by atoms with E-state index in [4.69, 9.17) is 0 Å². The maximum Gasteiger partial charge on any atom is 0.257 e. The number of piperidine rings is 1. The first kappa shape index (κ1) is 18.9. The summed E-state index contributed by atoms with van der Waals surface area (Å²) in [5.41, 5.74) is 0.501. The lowest BCUT2D eigenvalue weighted by molar-refractivity contribution is -0.123. The van der Waals surface area contributed by atoms with Crippen molar-refractivity contribution in [2.45, 2.75) is 58.0 Å². The van der Waals surface area contributed by atoms with E-state index in [9.17, 15) is 9.59 Å². The van der Waals surface area contributed by atoms with Crippen molar-refractivity contribution in [3.8, 4) is 0 Å². The average molecular weight is 361 g/mol. The fraction of sp³-hybridized carbons (Fsp3) is 0.737. The molecule has 0 aliphatic carbocycles. The monoisotopic (exact) mass is 361 g/mol. The molecule has 2 unspecified atom stereocenters. The number of aromatic nitrogens is 2. The van der Waals surface area contributed by atoms with Gasteiger partial charge in [0.15, 0.2) is 0 Å². The molecule has 144 valence electrons. The zero-order valence-electron chi connectivity index (χ0n) is 16.1. The minimum absolute atomic E-state index is 0.0361. The Labute approximate surface area is 155 Å². The number of amides is 2. The van der Waals surface area contributed by atoms with Crippen LogP contribution in [0.4, 0.5) is 0 Å². The summed E-state index contributed by atoms with van der Waals surface area (Å²) >= 11 is 0. The third-order valence-corrected chi connectivity index (χ3v) is 5.26. The van der Waals surface area contributed by atoms with Crippen LogP contribution in [-0.2, 0) is 10.3 Å². The number of carbonyl (C=O) groups excluding carboxylic acids is 2. The van der Waals surface area contributed by atoms with E-state index in [0.717, 1.165) is 38.8 Å². The molecule has 0 radical (unpaired) electrons. The molecule has 2 saturated heterocycles. The van der Waals surface area contributed by atoms with Crippen molar-refractivity contribution < 1.29 is 9.59 Å². The molecule has 2 N–H and O–H groups in total. The van der Waals surface area contributed by atoms with Gasteiger partial charge >= 0.3 is 0 Å². The molecule has 3 heterocycles. The highest BCUT2D eigenvalue weighted by Gasteiger charge is 2.28. The Morgan fingerprint density at radius 2 is 2.12 bits per heavy atom. The third kappa shape index (κ3) is 4.44. The molecule has 7 heteroatoms. The topological polar surface area (TPSA) is 79.3 Å². The summed E-state index contributed by atoms with van der Waals surface area (Å²) in [6.07, 6.45) is 7.49. The molecule has 2 atom stereocenters. The summed E-state index contributed by atoms with van der Waals surface area (Å²) in [5, 5.41) is 10.6. The summed E-state index contributed by atoms with van der Waals surface area (Å²) < 4.78 is 1.83. The van der Waals surface area contributed by atoms with Crippen molar-refractivity contribution in [1.82, 2.24) is 25.3 Å². The van der Waals surface area contributed by atoms with Crippen LogP contribution in [0.15, 0.2) is 12.4 Å². The first-order valence-electron chi connectivity index (χ1n) is 9.70. The van der Waals surface area contributed by atoms with Gasteiger partial charge in [0.05, 0.1) is 23.3 Å². The van der Waals surface area contributed by atoms with E-state index in [0.29, 0.717) is 24.6 Å². The summed E-state index contributed by atoms with van der Waals surface area (Å²) in [7, 11) is 0. The van der Waals surface area contributed by atoms with E-state index < -0.39 is 0 Å². The van der Waals surface area contributed by atoms with Gasteiger partial charge in [0.25, 0.3) is 5.91 Å². The first-order valence-corrected chi connectivity index (χ1v) is 9.70. The summed E-state index contributed by atoms with van der Waals surface area (Å²) in [6, 6.07) is -0.0421. The van der Waals surface area contributed by atoms with Gasteiger partial charge in [0.1, 0.15) is 0 Å². The van der Waals surface area contributed by atoms with E-state index in [2.05, 4.69) is 36.5 Å². The van der Waals surface area contributed by atoms with Gasteiger partial charge in [-0.3, -0.25) is 14.3 Å². The molecule has 1 aromatic heterocycles. The van der Waals surface area contributed by atoms with Gasteiger partial charge in [0.2, 0.25) is 5.91 Å². The van der Waals surface area contributed by atoms with E-state index >= 15 is 0 Å². The fourth-order valence-corrected chi connectivity index (χ4v) is 3.68. The van der Waals surface area contributed by atoms with Crippen LogP contribution >= 0.6 is 0 Å². The zero-order valence-corrected chi connectivity index (χ0v) is 16.1. The Morgan fingerprint density at radius 1 is 1.31 bits per heavy atom. The van der Waals surface area contributed by atoms with Crippen LogP contribution in [0.25, 0.3) is 0 Å². The normalized spacial score (nSPS) is 23.9. The van der Waals surface area contributed by atoms with Crippen molar-refractivity contribution in [2.24, 2.45) is 5.92 Å². The van der Waals surface area contributed by atoms with Gasteiger partial charge in [0, 0.05) is 25.8 Å². The predicted octanol–water partition coefficient (Wildman–Crippen LogP) is 1.36. The molecule has 0 saturated carbocycles. The second-order valence-corrected chi connectivity index (χ2v) is 8.50. The Balaban J connectivity index is 1.53. The van der Waals surface area contributed by atoms with Crippen LogP contribution < -0.4 is 10.6 Å². The van der Waals surface area contributed by atoms with E-state index in [1.807, 2.05) is 15.8 Å². The van der Waals surface area contributed by atoms with E-state index in [1.165, 1.54) is 0 Å². The molecule has 2 aliphatic rings. The van der Waals surface area contributed by atoms with E-state index in [-0.39, 0.29) is 23.4 Å². The number of nitrogens with one attached hydrogen (secondary N) is 2. The molecule has 2 amide bonds. The van der Waals surface area contributed by atoms with Crippen LogP contribution in [0.2, 0.25) is 0 Å². The van der Waals surface area contributed by atoms with E-state index in [1.54, 1.807) is 6.20 Å². The SMILES string of the molecule is CC(C)(C)n1cc(C(=O)N2CCCC(CNC(=O)C3CCCN3)C2)cn1. The standard InChI is InChI=1S/C19H31N5O2/c1-19(2,3)24-13-15(11-22-24)18(26)23-9-5-6-14(12-23)10-21-17(25)16-7-4-8-20-16/h11,13-14,16,20H,4-10,12H2,1-3H3,(H,21,25). The minimum atomic E-state index is -0.137. The number of carbonyl (C=O) groups is 2. The van der Waals surface area contributed by atoms with Crippen LogP contribution in [0.3, 0.4) is 0 Å². The molecule has 0 bridgehead atoms. The molecule has 2 fully saturated rings. The molecule has 1 aromatic rings. The molecule has 0 spiro atoms.